The first-order valence-electron chi connectivity index (χ1n) is 9.74. The largest absolute Gasteiger partial charge is 0.406 e. The van der Waals surface area contributed by atoms with Crippen LogP contribution in [-0.4, -0.2) is 9.55 Å². The van der Waals surface area contributed by atoms with Crippen LogP contribution in [0.4, 0.5) is 6.01 Å². The summed E-state index contributed by atoms with van der Waals surface area (Å²) < 4.78 is 12.8. The van der Waals surface area contributed by atoms with Crippen LogP contribution in [0, 0.1) is 25.2 Å². The molecule has 0 unspecified atom stereocenters. The predicted octanol–water partition coefficient (Wildman–Crippen LogP) is 2.27. The topological polar surface area (TPSA) is 111 Å². The standard InChI is InChI=1S/C24H18N4O3/c1-13-3-7-15(8-4-13)11-18-23(29)30-21-17(12-25)19(16-9-5-14(2)6-10-16)20-22(28(18)21)31-24(26)27-20/h3-11,19H,1-2H3,(H2,26,27)/b18-11+/t19-/m1/s1. The molecular weight excluding hydrogens is 392 g/mol. The number of nitrogens with zero attached hydrogens (tertiary/aromatic N) is 3. The van der Waals surface area contributed by atoms with Gasteiger partial charge in [0.25, 0.3) is 6.01 Å². The Morgan fingerprint density at radius 2 is 1.71 bits per heavy atom. The van der Waals surface area contributed by atoms with Crippen molar-refractivity contribution in [3.05, 3.63) is 97.8 Å². The highest BCUT2D eigenvalue weighted by Gasteiger charge is 2.35. The van der Waals surface area contributed by atoms with E-state index in [1.165, 1.54) is 4.57 Å². The first kappa shape index (κ1) is 18.7. The van der Waals surface area contributed by atoms with E-state index in [0.717, 1.165) is 22.3 Å². The fourth-order valence-electron chi connectivity index (χ4n) is 3.85. The minimum absolute atomic E-state index is 0.0466. The normalized spacial score (nSPS) is 15.5. The van der Waals surface area contributed by atoms with Gasteiger partial charge in [0.2, 0.25) is 11.4 Å². The zero-order valence-electron chi connectivity index (χ0n) is 16.9. The zero-order valence-corrected chi connectivity index (χ0v) is 16.9. The second-order valence-corrected chi connectivity index (χ2v) is 7.58. The van der Waals surface area contributed by atoms with E-state index in [2.05, 4.69) is 11.1 Å². The van der Waals surface area contributed by atoms with Crippen molar-refractivity contribution in [3.8, 4) is 12.0 Å². The summed E-state index contributed by atoms with van der Waals surface area (Å²) in [6.45, 7) is 3.97. The van der Waals surface area contributed by atoms with E-state index in [0.29, 0.717) is 5.69 Å². The number of nitriles is 1. The number of fused-ring (bicyclic) bond motifs is 3. The Hall–Kier alpha value is -4.31. The van der Waals surface area contributed by atoms with Crippen LogP contribution in [0.15, 0.2) is 62.2 Å². The molecule has 0 spiro atoms. The highest BCUT2D eigenvalue weighted by molar-refractivity contribution is 5.73. The van der Waals surface area contributed by atoms with Crippen molar-refractivity contribution in [2.45, 2.75) is 19.8 Å². The second kappa shape index (κ2) is 6.89. The molecule has 0 bridgehead atoms. The number of benzene rings is 2. The summed E-state index contributed by atoms with van der Waals surface area (Å²) >= 11 is 0. The van der Waals surface area contributed by atoms with Crippen LogP contribution in [0.1, 0.15) is 33.9 Å². The quantitative estimate of drug-likeness (QED) is 0.543. The number of aromatic nitrogens is 2. The molecule has 7 nitrogen and oxygen atoms in total. The molecule has 0 amide bonds. The van der Waals surface area contributed by atoms with Gasteiger partial charge in [-0.05, 0) is 31.1 Å². The lowest BCUT2D eigenvalue weighted by molar-refractivity contribution is 0.455. The Morgan fingerprint density at radius 1 is 1.06 bits per heavy atom. The molecule has 4 aromatic rings. The molecule has 0 aliphatic carbocycles. The molecule has 1 aliphatic heterocycles. The van der Waals surface area contributed by atoms with Crippen LogP contribution in [-0.2, 0) is 0 Å². The van der Waals surface area contributed by atoms with E-state index in [1.54, 1.807) is 6.08 Å². The van der Waals surface area contributed by atoms with Crippen LogP contribution < -0.4 is 22.3 Å². The Morgan fingerprint density at radius 3 is 2.35 bits per heavy atom. The van der Waals surface area contributed by atoms with E-state index in [-0.39, 0.29) is 28.4 Å². The fraction of sp³-hybridized carbons (Fsp3) is 0.125. The number of hydrogen-bond donors (Lipinski definition) is 1. The molecular formula is C24H18N4O3. The number of rotatable bonds is 2. The molecule has 31 heavy (non-hydrogen) atoms. The molecule has 5 rings (SSSR count). The predicted molar refractivity (Wildman–Crippen MR) is 115 cm³/mol. The lowest BCUT2D eigenvalue weighted by atomic mass is 9.87. The third-order valence-corrected chi connectivity index (χ3v) is 5.40. The summed E-state index contributed by atoms with van der Waals surface area (Å²) in [5.41, 5.74) is 10.0. The van der Waals surface area contributed by atoms with Gasteiger partial charge in [0.1, 0.15) is 22.7 Å². The summed E-state index contributed by atoms with van der Waals surface area (Å²) in [4.78, 5) is 17.2. The molecule has 152 valence electrons. The van der Waals surface area contributed by atoms with Crippen molar-refractivity contribution in [3.63, 3.8) is 0 Å². The minimum atomic E-state index is -0.575. The van der Waals surface area contributed by atoms with Gasteiger partial charge < -0.3 is 14.6 Å². The number of hydrogen-bond acceptors (Lipinski definition) is 6. The molecule has 2 N–H and O–H groups in total. The monoisotopic (exact) mass is 410 g/mol. The molecule has 1 atom stereocenters. The molecule has 7 heteroatoms. The molecule has 0 radical (unpaired) electrons. The molecule has 3 heterocycles. The van der Waals surface area contributed by atoms with Crippen molar-refractivity contribution in [1.29, 1.82) is 5.26 Å². The smallest absolute Gasteiger partial charge is 0.362 e. The summed E-state index contributed by atoms with van der Waals surface area (Å²) in [7, 11) is 0. The number of anilines is 1. The Labute approximate surface area is 177 Å². The SMILES string of the molecule is Cc1ccc(/C=c2\c(=O)oc3n2-c2oc(N)nc2[C@H](c2ccc(C)cc2)C=3C#N)cc1. The molecule has 2 aromatic heterocycles. The number of nitrogens with two attached hydrogens (primary N) is 1. The van der Waals surface area contributed by atoms with Crippen molar-refractivity contribution >= 4 is 17.7 Å². The number of oxazole rings is 2. The van der Waals surface area contributed by atoms with E-state index in [9.17, 15) is 10.1 Å². The van der Waals surface area contributed by atoms with Gasteiger partial charge in [0.15, 0.2) is 0 Å². The highest BCUT2D eigenvalue weighted by atomic mass is 16.4. The third-order valence-electron chi connectivity index (χ3n) is 5.40. The van der Waals surface area contributed by atoms with Crippen LogP contribution in [0.3, 0.4) is 0 Å². The third kappa shape index (κ3) is 2.97. The van der Waals surface area contributed by atoms with Crippen LogP contribution >= 0.6 is 0 Å². The van der Waals surface area contributed by atoms with Crippen molar-refractivity contribution in [2.75, 3.05) is 5.73 Å². The van der Waals surface area contributed by atoms with Crippen LogP contribution in [0.25, 0.3) is 17.5 Å². The van der Waals surface area contributed by atoms with Gasteiger partial charge in [-0.2, -0.15) is 10.2 Å². The molecule has 0 saturated carbocycles. The molecule has 0 saturated heterocycles. The minimum Gasteiger partial charge on any atom is -0.406 e. The summed E-state index contributed by atoms with van der Waals surface area (Å²) in [5, 5.41) is 10.2. The van der Waals surface area contributed by atoms with Gasteiger partial charge >= 0.3 is 5.63 Å². The van der Waals surface area contributed by atoms with Crippen molar-refractivity contribution in [1.82, 2.24) is 9.55 Å². The average Bonchev–Trinajstić information content (AvgIpc) is 3.28. The van der Waals surface area contributed by atoms with E-state index < -0.39 is 11.5 Å². The van der Waals surface area contributed by atoms with Crippen molar-refractivity contribution < 1.29 is 8.83 Å². The summed E-state index contributed by atoms with van der Waals surface area (Å²) in [6.07, 6.45) is 1.69. The Bertz CT molecular complexity index is 1530. The summed E-state index contributed by atoms with van der Waals surface area (Å²) in [5.74, 6) is -0.277. The van der Waals surface area contributed by atoms with Gasteiger partial charge in [-0.15, -0.1) is 0 Å². The maximum Gasteiger partial charge on any atom is 0.362 e. The van der Waals surface area contributed by atoms with Gasteiger partial charge in [-0.1, -0.05) is 59.7 Å². The maximum absolute atomic E-state index is 12.8. The van der Waals surface area contributed by atoms with Crippen molar-refractivity contribution in [2.24, 2.45) is 0 Å². The zero-order chi connectivity index (χ0) is 21.7. The number of aryl methyl sites for hydroxylation is 2. The summed E-state index contributed by atoms with van der Waals surface area (Å²) in [6, 6.07) is 17.6. The maximum atomic E-state index is 12.8. The Kier molecular flexibility index (Phi) is 4.15. The lowest BCUT2D eigenvalue weighted by Crippen LogP contribution is -2.35. The molecule has 0 fully saturated rings. The van der Waals surface area contributed by atoms with Crippen LogP contribution in [0.2, 0.25) is 0 Å². The van der Waals surface area contributed by atoms with Crippen LogP contribution in [0.5, 0.6) is 0 Å². The van der Waals surface area contributed by atoms with Gasteiger partial charge in [0.05, 0.1) is 5.92 Å². The first-order chi connectivity index (χ1) is 15.0. The van der Waals surface area contributed by atoms with Gasteiger partial charge in [-0.3, -0.25) is 0 Å². The molecule has 2 aromatic carbocycles. The fourth-order valence-corrected chi connectivity index (χ4v) is 3.85. The second-order valence-electron chi connectivity index (χ2n) is 7.58. The Balaban J connectivity index is 1.86. The first-order valence-corrected chi connectivity index (χ1v) is 9.74. The number of nitrogen functional groups attached to an aromatic ring is 1. The molecule has 1 aliphatic rings. The lowest BCUT2D eigenvalue weighted by Gasteiger charge is -2.19. The van der Waals surface area contributed by atoms with E-state index in [1.807, 2.05) is 62.4 Å². The van der Waals surface area contributed by atoms with Gasteiger partial charge in [-0.25, -0.2) is 9.36 Å². The highest BCUT2D eigenvalue weighted by Crippen LogP contribution is 2.37. The average molecular weight is 410 g/mol. The van der Waals surface area contributed by atoms with E-state index >= 15 is 0 Å². The van der Waals surface area contributed by atoms with E-state index in [4.69, 9.17) is 14.6 Å². The van der Waals surface area contributed by atoms with Gasteiger partial charge in [0, 0.05) is 0 Å².